The van der Waals surface area contributed by atoms with Gasteiger partial charge in [-0.15, -0.1) is 0 Å². The first-order valence-corrected chi connectivity index (χ1v) is 7.03. The lowest BCUT2D eigenvalue weighted by Crippen LogP contribution is -2.34. The highest BCUT2D eigenvalue weighted by molar-refractivity contribution is 5.44. The molecule has 0 aromatic heterocycles. The summed E-state index contributed by atoms with van der Waals surface area (Å²) in [5, 5.41) is 3.48. The average molecular weight is 249 g/mol. The second-order valence-corrected chi connectivity index (χ2v) is 5.01. The maximum atomic E-state index is 6.05. The molecule has 1 N–H and O–H groups in total. The van der Waals surface area contributed by atoms with Gasteiger partial charge in [-0.3, -0.25) is 0 Å². The summed E-state index contributed by atoms with van der Waals surface area (Å²) in [7, 11) is 0. The van der Waals surface area contributed by atoms with E-state index >= 15 is 0 Å². The number of nitrogens with one attached hydrogen (secondary N) is 1. The summed E-state index contributed by atoms with van der Waals surface area (Å²) in [4.78, 5) is 0. The Morgan fingerprint density at radius 3 is 2.39 bits per heavy atom. The molecule has 18 heavy (non-hydrogen) atoms. The molecule has 0 radical (unpaired) electrons. The summed E-state index contributed by atoms with van der Waals surface area (Å²) < 4.78 is 6.05. The minimum absolute atomic E-state index is 0.458. The van der Waals surface area contributed by atoms with Crippen molar-refractivity contribution in [1.29, 1.82) is 0 Å². The quantitative estimate of drug-likeness (QED) is 0.794. The number of hydrogen-bond donors (Lipinski definition) is 1. The number of likely N-dealkylation sites (N-methyl/N-ethyl adjacent to an activating group) is 1. The van der Waals surface area contributed by atoms with E-state index in [1.54, 1.807) is 0 Å². The van der Waals surface area contributed by atoms with Crippen molar-refractivity contribution in [2.24, 2.45) is 0 Å². The Hall–Kier alpha value is -1.02. The minimum Gasteiger partial charge on any atom is -0.491 e. The van der Waals surface area contributed by atoms with Crippen LogP contribution < -0.4 is 10.1 Å². The van der Waals surface area contributed by atoms with Crippen LogP contribution in [0.15, 0.2) is 12.1 Å². The van der Waals surface area contributed by atoms with Crippen molar-refractivity contribution in [3.05, 3.63) is 28.8 Å². The van der Waals surface area contributed by atoms with Gasteiger partial charge in [0.05, 0.1) is 0 Å². The normalized spacial score (nSPS) is 12.5. The molecule has 0 aliphatic carbocycles. The number of hydrogen-bond acceptors (Lipinski definition) is 2. The Labute approximate surface area is 112 Å². The van der Waals surface area contributed by atoms with Crippen molar-refractivity contribution < 1.29 is 4.74 Å². The molecule has 2 heteroatoms. The molecule has 0 saturated heterocycles. The molecule has 1 aromatic rings. The lowest BCUT2D eigenvalue weighted by Gasteiger charge is -2.20. The maximum Gasteiger partial charge on any atom is 0.125 e. The minimum atomic E-state index is 0.458. The van der Waals surface area contributed by atoms with Gasteiger partial charge in [-0.1, -0.05) is 32.4 Å². The van der Waals surface area contributed by atoms with Crippen molar-refractivity contribution in [3.63, 3.8) is 0 Å². The molecule has 0 amide bonds. The van der Waals surface area contributed by atoms with Crippen LogP contribution >= 0.6 is 0 Å². The molecule has 0 bridgehead atoms. The third-order valence-corrected chi connectivity index (χ3v) is 3.43. The van der Waals surface area contributed by atoms with E-state index in [0.29, 0.717) is 6.04 Å². The van der Waals surface area contributed by atoms with Crippen LogP contribution in [0.2, 0.25) is 0 Å². The Bertz CT molecular complexity index is 368. The number of benzene rings is 1. The fraction of sp³-hybridized carbons (Fsp3) is 0.625. The lowest BCUT2D eigenvalue weighted by molar-refractivity contribution is 0.254. The SMILES string of the molecule is CCCC(COc1c(C)ccc(C)c1C)NCC. The van der Waals surface area contributed by atoms with Gasteiger partial charge in [0.25, 0.3) is 0 Å². The zero-order valence-electron chi connectivity index (χ0n) is 12.5. The van der Waals surface area contributed by atoms with E-state index in [-0.39, 0.29) is 0 Å². The molecule has 0 fully saturated rings. The van der Waals surface area contributed by atoms with Gasteiger partial charge < -0.3 is 10.1 Å². The predicted molar refractivity (Wildman–Crippen MR) is 78.5 cm³/mol. The fourth-order valence-corrected chi connectivity index (χ4v) is 2.21. The van der Waals surface area contributed by atoms with Gasteiger partial charge in [0.1, 0.15) is 12.4 Å². The molecule has 0 saturated carbocycles. The molecule has 0 heterocycles. The molecule has 1 aromatic carbocycles. The largest absolute Gasteiger partial charge is 0.491 e. The summed E-state index contributed by atoms with van der Waals surface area (Å²) in [5.41, 5.74) is 3.79. The second-order valence-electron chi connectivity index (χ2n) is 5.01. The van der Waals surface area contributed by atoms with Crippen molar-refractivity contribution in [3.8, 4) is 5.75 Å². The number of ether oxygens (including phenoxy) is 1. The number of aryl methyl sites for hydroxylation is 2. The van der Waals surface area contributed by atoms with Crippen molar-refractivity contribution in [1.82, 2.24) is 5.32 Å². The van der Waals surface area contributed by atoms with Crippen LogP contribution in [0.3, 0.4) is 0 Å². The number of rotatable bonds is 7. The standard InChI is InChI=1S/C16H27NO/c1-6-8-15(17-7-2)11-18-16-13(4)10-9-12(3)14(16)5/h9-10,15,17H,6-8,11H2,1-5H3. The summed E-state index contributed by atoms with van der Waals surface area (Å²) in [5.74, 6) is 1.06. The van der Waals surface area contributed by atoms with E-state index in [0.717, 1.165) is 25.3 Å². The van der Waals surface area contributed by atoms with E-state index < -0.39 is 0 Å². The molecule has 1 unspecified atom stereocenters. The first-order valence-electron chi connectivity index (χ1n) is 7.03. The van der Waals surface area contributed by atoms with E-state index in [4.69, 9.17) is 4.74 Å². The van der Waals surface area contributed by atoms with Gasteiger partial charge in [-0.2, -0.15) is 0 Å². The van der Waals surface area contributed by atoms with Crippen LogP contribution in [0.4, 0.5) is 0 Å². The van der Waals surface area contributed by atoms with Crippen LogP contribution in [0, 0.1) is 20.8 Å². The van der Waals surface area contributed by atoms with Gasteiger partial charge in [0.2, 0.25) is 0 Å². The molecule has 0 spiro atoms. The summed E-state index contributed by atoms with van der Waals surface area (Å²) in [6.45, 7) is 12.5. The Morgan fingerprint density at radius 1 is 1.11 bits per heavy atom. The highest BCUT2D eigenvalue weighted by atomic mass is 16.5. The molecular formula is C16H27NO. The lowest BCUT2D eigenvalue weighted by atomic mass is 10.1. The van der Waals surface area contributed by atoms with Crippen LogP contribution in [0.5, 0.6) is 5.75 Å². The Balaban J connectivity index is 2.69. The van der Waals surface area contributed by atoms with Crippen molar-refractivity contribution in [2.75, 3.05) is 13.2 Å². The highest BCUT2D eigenvalue weighted by Gasteiger charge is 2.10. The molecule has 102 valence electrons. The van der Waals surface area contributed by atoms with Gasteiger partial charge >= 0.3 is 0 Å². The second kappa shape index (κ2) is 7.42. The molecule has 1 atom stereocenters. The van der Waals surface area contributed by atoms with Gasteiger partial charge in [-0.25, -0.2) is 0 Å². The van der Waals surface area contributed by atoms with E-state index in [1.807, 2.05) is 0 Å². The molecular weight excluding hydrogens is 222 g/mol. The molecule has 0 aliphatic heterocycles. The third-order valence-electron chi connectivity index (χ3n) is 3.43. The monoisotopic (exact) mass is 249 g/mol. The summed E-state index contributed by atoms with van der Waals surface area (Å²) >= 11 is 0. The topological polar surface area (TPSA) is 21.3 Å². The van der Waals surface area contributed by atoms with Crippen LogP contribution in [-0.2, 0) is 0 Å². The zero-order valence-corrected chi connectivity index (χ0v) is 12.5. The predicted octanol–water partition coefficient (Wildman–Crippen LogP) is 3.77. The molecule has 2 nitrogen and oxygen atoms in total. The fourth-order valence-electron chi connectivity index (χ4n) is 2.21. The molecule has 0 aliphatic rings. The van der Waals surface area contributed by atoms with Gasteiger partial charge in [0, 0.05) is 6.04 Å². The first-order chi connectivity index (χ1) is 8.60. The zero-order chi connectivity index (χ0) is 13.5. The average Bonchev–Trinajstić information content (AvgIpc) is 2.34. The van der Waals surface area contributed by atoms with E-state index in [1.165, 1.54) is 23.1 Å². The van der Waals surface area contributed by atoms with Crippen LogP contribution in [0.1, 0.15) is 43.4 Å². The van der Waals surface area contributed by atoms with Crippen LogP contribution in [0.25, 0.3) is 0 Å². The van der Waals surface area contributed by atoms with E-state index in [2.05, 4.69) is 52.1 Å². The summed E-state index contributed by atoms with van der Waals surface area (Å²) in [6.07, 6.45) is 2.35. The highest BCUT2D eigenvalue weighted by Crippen LogP contribution is 2.25. The van der Waals surface area contributed by atoms with Crippen molar-refractivity contribution >= 4 is 0 Å². The van der Waals surface area contributed by atoms with Gasteiger partial charge in [-0.05, 0) is 50.4 Å². The first kappa shape index (κ1) is 15.0. The maximum absolute atomic E-state index is 6.05. The van der Waals surface area contributed by atoms with E-state index in [9.17, 15) is 0 Å². The van der Waals surface area contributed by atoms with Crippen LogP contribution in [-0.4, -0.2) is 19.2 Å². The van der Waals surface area contributed by atoms with Gasteiger partial charge in [0.15, 0.2) is 0 Å². The Kier molecular flexibility index (Phi) is 6.20. The molecule has 1 rings (SSSR count). The third kappa shape index (κ3) is 4.02. The smallest absolute Gasteiger partial charge is 0.125 e. The summed E-state index contributed by atoms with van der Waals surface area (Å²) in [6, 6.07) is 4.75. The van der Waals surface area contributed by atoms with Crippen molar-refractivity contribution in [2.45, 2.75) is 53.5 Å². The Morgan fingerprint density at radius 2 is 1.78 bits per heavy atom.